The van der Waals surface area contributed by atoms with Gasteiger partial charge in [-0.15, -0.1) is 0 Å². The summed E-state index contributed by atoms with van der Waals surface area (Å²) in [7, 11) is 0. The lowest BCUT2D eigenvalue weighted by molar-refractivity contribution is -0.137. The van der Waals surface area contributed by atoms with E-state index in [4.69, 9.17) is 11.6 Å². The first-order valence-electron chi connectivity index (χ1n) is 9.03. The molecule has 28 heavy (non-hydrogen) atoms. The molecule has 2 heterocycles. The van der Waals surface area contributed by atoms with Crippen LogP contribution in [0.1, 0.15) is 35.6 Å². The molecular formula is C21H18ClF3N2O. The van der Waals surface area contributed by atoms with Crippen molar-refractivity contribution in [2.45, 2.75) is 25.1 Å². The highest BCUT2D eigenvalue weighted by Crippen LogP contribution is 2.42. The smallest absolute Gasteiger partial charge is 0.416 e. The number of hydrogen-bond donors (Lipinski definition) is 1. The lowest BCUT2D eigenvalue weighted by Crippen LogP contribution is -2.27. The Morgan fingerprint density at radius 2 is 1.75 bits per heavy atom. The number of alkyl halides is 3. The number of fused-ring (bicyclic) bond motifs is 1. The van der Waals surface area contributed by atoms with Crippen LogP contribution in [-0.4, -0.2) is 28.1 Å². The first kappa shape index (κ1) is 19.0. The van der Waals surface area contributed by atoms with Crippen molar-refractivity contribution in [1.82, 2.24) is 9.88 Å². The van der Waals surface area contributed by atoms with Gasteiger partial charge in [-0.3, -0.25) is 9.88 Å². The number of nitrogens with zero attached hydrogens (tertiary/aromatic N) is 2. The number of aromatic hydroxyl groups is 1. The van der Waals surface area contributed by atoms with Gasteiger partial charge in [-0.2, -0.15) is 13.2 Å². The lowest BCUT2D eigenvalue weighted by Gasteiger charge is -2.29. The summed E-state index contributed by atoms with van der Waals surface area (Å²) in [6.45, 7) is 1.59. The Bertz CT molecular complexity index is 999. The molecular weight excluding hydrogens is 389 g/mol. The predicted molar refractivity (Wildman–Crippen MR) is 103 cm³/mol. The van der Waals surface area contributed by atoms with Crippen LogP contribution in [0.4, 0.5) is 13.2 Å². The average molecular weight is 407 g/mol. The molecule has 0 spiro atoms. The highest BCUT2D eigenvalue weighted by atomic mass is 35.5. The van der Waals surface area contributed by atoms with Crippen LogP contribution < -0.4 is 0 Å². The van der Waals surface area contributed by atoms with Crippen molar-refractivity contribution in [3.63, 3.8) is 0 Å². The minimum Gasteiger partial charge on any atom is -0.505 e. The van der Waals surface area contributed by atoms with Crippen molar-refractivity contribution < 1.29 is 18.3 Å². The maximum atomic E-state index is 13.0. The van der Waals surface area contributed by atoms with Crippen LogP contribution in [0.15, 0.2) is 48.7 Å². The average Bonchev–Trinajstić information content (AvgIpc) is 3.20. The van der Waals surface area contributed by atoms with Gasteiger partial charge in [-0.25, -0.2) is 0 Å². The molecule has 0 amide bonds. The van der Waals surface area contributed by atoms with E-state index >= 15 is 0 Å². The lowest BCUT2D eigenvalue weighted by atomic mass is 9.94. The molecule has 0 aliphatic carbocycles. The molecule has 7 heteroatoms. The molecule has 1 aliphatic rings. The third-order valence-corrected chi connectivity index (χ3v) is 5.51. The Labute approximate surface area is 165 Å². The van der Waals surface area contributed by atoms with Gasteiger partial charge in [0.15, 0.2) is 0 Å². The van der Waals surface area contributed by atoms with Crippen molar-refractivity contribution in [2.75, 3.05) is 13.1 Å². The van der Waals surface area contributed by atoms with Crippen LogP contribution in [-0.2, 0) is 6.18 Å². The van der Waals surface area contributed by atoms with E-state index in [2.05, 4.69) is 9.88 Å². The summed E-state index contributed by atoms with van der Waals surface area (Å²) >= 11 is 6.44. The summed E-state index contributed by atoms with van der Waals surface area (Å²) in [5.41, 5.74) is 0.925. The van der Waals surface area contributed by atoms with Crippen LogP contribution in [0.25, 0.3) is 10.9 Å². The van der Waals surface area contributed by atoms with E-state index in [0.717, 1.165) is 38.1 Å². The SMILES string of the molecule is Oc1c([C@@H](c2ccc(C(F)(F)F)cc2)N2CCCC2)cc(Cl)c2cccnc12. The highest BCUT2D eigenvalue weighted by molar-refractivity contribution is 6.35. The first-order chi connectivity index (χ1) is 13.4. The molecule has 1 aliphatic heterocycles. The maximum Gasteiger partial charge on any atom is 0.416 e. The van der Waals surface area contributed by atoms with Gasteiger partial charge in [0.1, 0.15) is 11.3 Å². The third kappa shape index (κ3) is 3.42. The maximum absolute atomic E-state index is 13.0. The van der Waals surface area contributed by atoms with Crippen molar-refractivity contribution in [1.29, 1.82) is 0 Å². The molecule has 146 valence electrons. The molecule has 0 saturated carbocycles. The molecule has 4 rings (SSSR count). The van der Waals surface area contributed by atoms with E-state index in [1.807, 2.05) is 0 Å². The van der Waals surface area contributed by atoms with E-state index in [1.54, 1.807) is 24.4 Å². The molecule has 0 unspecified atom stereocenters. The van der Waals surface area contributed by atoms with Gasteiger partial charge in [-0.1, -0.05) is 23.7 Å². The number of phenolic OH excluding ortho intramolecular Hbond substituents is 1. The second-order valence-corrected chi connectivity index (χ2v) is 7.37. The van der Waals surface area contributed by atoms with Crippen molar-refractivity contribution >= 4 is 22.5 Å². The first-order valence-corrected chi connectivity index (χ1v) is 9.41. The number of rotatable bonds is 3. The molecule has 1 atom stereocenters. The predicted octanol–water partition coefficient (Wildman–Crippen LogP) is 5.80. The summed E-state index contributed by atoms with van der Waals surface area (Å²) in [5, 5.41) is 12.0. The van der Waals surface area contributed by atoms with Crippen LogP contribution in [0.5, 0.6) is 5.75 Å². The molecule has 0 radical (unpaired) electrons. The summed E-state index contributed by atoms with van der Waals surface area (Å²) in [6, 6.07) is 9.92. The van der Waals surface area contributed by atoms with Gasteiger partial charge >= 0.3 is 6.18 Å². The Kier molecular flexibility index (Phi) is 4.93. The van der Waals surface area contributed by atoms with Crippen molar-refractivity contribution in [3.05, 3.63) is 70.4 Å². The minimum atomic E-state index is -4.39. The number of hydrogen-bond acceptors (Lipinski definition) is 3. The van der Waals surface area contributed by atoms with Gasteiger partial charge in [0, 0.05) is 17.1 Å². The largest absolute Gasteiger partial charge is 0.505 e. The summed E-state index contributed by atoms with van der Waals surface area (Å²) in [4.78, 5) is 6.41. The zero-order chi connectivity index (χ0) is 19.9. The summed E-state index contributed by atoms with van der Waals surface area (Å²) in [6.07, 6.45) is -0.819. The summed E-state index contributed by atoms with van der Waals surface area (Å²) < 4.78 is 38.9. The van der Waals surface area contributed by atoms with Gasteiger partial charge < -0.3 is 5.11 Å². The van der Waals surface area contributed by atoms with Crippen LogP contribution in [0.2, 0.25) is 5.02 Å². The number of pyridine rings is 1. The highest BCUT2D eigenvalue weighted by Gasteiger charge is 2.32. The van der Waals surface area contributed by atoms with E-state index in [9.17, 15) is 18.3 Å². The second-order valence-electron chi connectivity index (χ2n) is 6.96. The van der Waals surface area contributed by atoms with Crippen molar-refractivity contribution in [2.24, 2.45) is 0 Å². The number of benzene rings is 2. The molecule has 3 nitrogen and oxygen atoms in total. The molecule has 2 aromatic carbocycles. The van der Waals surface area contributed by atoms with E-state index < -0.39 is 17.8 Å². The number of aromatic nitrogens is 1. The zero-order valence-electron chi connectivity index (χ0n) is 14.9. The number of phenols is 1. The zero-order valence-corrected chi connectivity index (χ0v) is 15.6. The number of halogens is 4. The van der Waals surface area contributed by atoms with Crippen LogP contribution in [0.3, 0.4) is 0 Å². The Hall–Kier alpha value is -2.31. The summed E-state index contributed by atoms with van der Waals surface area (Å²) in [5.74, 6) is 0.0109. The quantitative estimate of drug-likeness (QED) is 0.597. The second kappa shape index (κ2) is 7.26. The van der Waals surface area contributed by atoms with E-state index in [-0.39, 0.29) is 5.75 Å². The van der Waals surface area contributed by atoms with E-state index in [0.29, 0.717) is 27.1 Å². The third-order valence-electron chi connectivity index (χ3n) is 5.20. The fourth-order valence-corrected chi connectivity index (χ4v) is 4.13. The van der Waals surface area contributed by atoms with Gasteiger partial charge in [0.2, 0.25) is 0 Å². The van der Waals surface area contributed by atoms with Crippen molar-refractivity contribution in [3.8, 4) is 5.75 Å². The monoisotopic (exact) mass is 406 g/mol. The minimum absolute atomic E-state index is 0.0109. The van der Waals surface area contributed by atoms with Crippen LogP contribution in [0, 0.1) is 0 Å². The molecule has 1 saturated heterocycles. The standard InChI is InChI=1S/C21H18ClF3N2O/c22-17-12-16(20(28)18-15(17)4-3-9-26-18)19(27-10-1-2-11-27)13-5-7-14(8-6-13)21(23,24)25/h3-9,12,19,28H,1-2,10-11H2/t19-/m1/s1. The van der Waals surface area contributed by atoms with Gasteiger partial charge in [0.05, 0.1) is 16.6 Å². The fourth-order valence-electron chi connectivity index (χ4n) is 3.86. The molecule has 0 bridgehead atoms. The molecule has 1 aromatic heterocycles. The Morgan fingerprint density at radius 1 is 1.07 bits per heavy atom. The van der Waals surface area contributed by atoms with Gasteiger partial charge in [-0.05, 0) is 61.8 Å². The molecule has 1 fully saturated rings. The van der Waals surface area contributed by atoms with E-state index in [1.165, 1.54) is 12.1 Å². The molecule has 1 N–H and O–H groups in total. The number of likely N-dealkylation sites (tertiary alicyclic amines) is 1. The van der Waals surface area contributed by atoms with Gasteiger partial charge in [0.25, 0.3) is 0 Å². The topological polar surface area (TPSA) is 36.4 Å². The van der Waals surface area contributed by atoms with Crippen LogP contribution >= 0.6 is 11.6 Å². The Morgan fingerprint density at radius 3 is 2.39 bits per heavy atom. The Balaban J connectivity index is 1.86. The normalized spacial score (nSPS) is 16.6. The fraction of sp³-hybridized carbons (Fsp3) is 0.286. The molecule has 3 aromatic rings.